The van der Waals surface area contributed by atoms with Gasteiger partial charge < -0.3 is 15.0 Å². The summed E-state index contributed by atoms with van der Waals surface area (Å²) in [5.41, 5.74) is 3.48. The number of hydrogen-bond donors (Lipinski definition) is 1. The van der Waals surface area contributed by atoms with Crippen molar-refractivity contribution in [3.8, 4) is 22.5 Å². The zero-order chi connectivity index (χ0) is 28.5. The number of hydrogen-bond acceptors (Lipinski definition) is 6. The molecule has 4 heterocycles. The second kappa shape index (κ2) is 11.1. The van der Waals surface area contributed by atoms with Crippen LogP contribution in [0.4, 0.5) is 34.8 Å². The Kier molecular flexibility index (Phi) is 7.23. The van der Waals surface area contributed by atoms with Crippen LogP contribution in [0.5, 0.6) is 0 Å². The number of aromatic nitrogens is 3. The van der Waals surface area contributed by atoms with Gasteiger partial charge in [0, 0.05) is 60.4 Å². The lowest BCUT2D eigenvalue weighted by Gasteiger charge is -2.28. The molecule has 0 aliphatic carbocycles. The summed E-state index contributed by atoms with van der Waals surface area (Å²) >= 11 is 0. The number of benzene rings is 2. The third-order valence-corrected chi connectivity index (χ3v) is 7.09. The van der Waals surface area contributed by atoms with Crippen LogP contribution in [-0.4, -0.2) is 41.3 Å². The first kappa shape index (κ1) is 26.6. The summed E-state index contributed by atoms with van der Waals surface area (Å²) in [6.07, 6.45) is 0.584. The molecule has 0 saturated carbocycles. The highest BCUT2D eigenvalue weighted by molar-refractivity contribution is 5.99. The third-order valence-electron chi connectivity index (χ3n) is 7.09. The van der Waals surface area contributed by atoms with Gasteiger partial charge in [0.05, 0.1) is 46.9 Å². The molecule has 1 aliphatic heterocycles. The van der Waals surface area contributed by atoms with Gasteiger partial charge in [0.15, 0.2) is 0 Å². The first-order chi connectivity index (χ1) is 19.9. The van der Waals surface area contributed by atoms with Crippen LogP contribution in [0.25, 0.3) is 33.4 Å². The van der Waals surface area contributed by atoms with Gasteiger partial charge in [-0.1, -0.05) is 24.3 Å². The van der Waals surface area contributed by atoms with Crippen molar-refractivity contribution in [2.45, 2.75) is 13.3 Å². The Bertz CT molecular complexity index is 1730. The van der Waals surface area contributed by atoms with Crippen molar-refractivity contribution in [2.24, 2.45) is 0 Å². The first-order valence-electron chi connectivity index (χ1n) is 13.1. The molecular formula is C31H25F4N5O. The van der Waals surface area contributed by atoms with Crippen LogP contribution in [0.1, 0.15) is 17.6 Å². The summed E-state index contributed by atoms with van der Waals surface area (Å²) in [7, 11) is 0. The number of alkyl halides is 2. The van der Waals surface area contributed by atoms with Gasteiger partial charge in [0.2, 0.25) is 0 Å². The highest BCUT2D eigenvalue weighted by Crippen LogP contribution is 2.40. The number of morpholine rings is 1. The molecule has 208 valence electrons. The van der Waals surface area contributed by atoms with E-state index >= 15 is 4.39 Å². The average Bonchev–Trinajstić information content (AvgIpc) is 2.99. The maximum atomic E-state index is 15.4. The number of fused-ring (bicyclic) bond motifs is 1. The molecule has 0 radical (unpaired) electrons. The van der Waals surface area contributed by atoms with E-state index in [0.29, 0.717) is 71.6 Å². The lowest BCUT2D eigenvalue weighted by Crippen LogP contribution is -2.36. The molecule has 1 fully saturated rings. The molecule has 0 bridgehead atoms. The van der Waals surface area contributed by atoms with E-state index in [2.05, 4.69) is 25.2 Å². The molecule has 1 aliphatic rings. The molecule has 1 N–H and O–H groups in total. The number of ether oxygens (including phenoxy) is 1. The SMILES string of the molecule is Cc1c(-c2ccccn2)nc2cc(F)cc(F)c2c1Nc1cc(N2CCOCC2)ncc1-c1cccc(C(F)F)c1. The van der Waals surface area contributed by atoms with Crippen LogP contribution in [0.3, 0.4) is 0 Å². The summed E-state index contributed by atoms with van der Waals surface area (Å²) in [5.74, 6) is -0.890. The smallest absolute Gasteiger partial charge is 0.263 e. The number of halogens is 4. The summed E-state index contributed by atoms with van der Waals surface area (Å²) in [5, 5.41) is 3.46. The van der Waals surface area contributed by atoms with E-state index < -0.39 is 18.1 Å². The van der Waals surface area contributed by atoms with Crippen LogP contribution in [-0.2, 0) is 4.74 Å². The van der Waals surface area contributed by atoms with E-state index in [1.807, 2.05) is 6.07 Å². The molecule has 0 unspecified atom stereocenters. The minimum atomic E-state index is -2.65. The topological polar surface area (TPSA) is 63.2 Å². The molecule has 0 spiro atoms. The Morgan fingerprint density at radius 2 is 1.78 bits per heavy atom. The van der Waals surface area contributed by atoms with E-state index in [1.54, 1.807) is 49.6 Å². The van der Waals surface area contributed by atoms with Gasteiger partial charge in [-0.25, -0.2) is 27.5 Å². The zero-order valence-electron chi connectivity index (χ0n) is 22.0. The molecule has 1 saturated heterocycles. The second-order valence-corrected chi connectivity index (χ2v) is 9.70. The Morgan fingerprint density at radius 1 is 0.951 bits per heavy atom. The molecule has 5 aromatic rings. The molecule has 0 amide bonds. The highest BCUT2D eigenvalue weighted by atomic mass is 19.3. The second-order valence-electron chi connectivity index (χ2n) is 9.70. The van der Waals surface area contributed by atoms with Crippen molar-refractivity contribution < 1.29 is 22.3 Å². The van der Waals surface area contributed by atoms with Crippen LogP contribution in [0, 0.1) is 18.6 Å². The molecule has 10 heteroatoms. The lowest BCUT2D eigenvalue weighted by molar-refractivity contribution is 0.122. The van der Waals surface area contributed by atoms with Gasteiger partial charge in [0.25, 0.3) is 6.43 Å². The van der Waals surface area contributed by atoms with E-state index in [4.69, 9.17) is 4.74 Å². The predicted octanol–water partition coefficient (Wildman–Crippen LogP) is 7.46. The number of nitrogens with one attached hydrogen (secondary N) is 1. The monoisotopic (exact) mass is 559 g/mol. The van der Waals surface area contributed by atoms with E-state index in [9.17, 15) is 13.2 Å². The number of nitrogens with zero attached hydrogens (tertiary/aromatic N) is 4. The van der Waals surface area contributed by atoms with Crippen molar-refractivity contribution >= 4 is 28.1 Å². The van der Waals surface area contributed by atoms with Gasteiger partial charge in [-0.15, -0.1) is 0 Å². The Balaban J connectivity index is 1.57. The normalized spacial score (nSPS) is 13.7. The molecule has 3 aromatic heterocycles. The first-order valence-corrected chi connectivity index (χ1v) is 13.1. The Morgan fingerprint density at radius 3 is 2.54 bits per heavy atom. The van der Waals surface area contributed by atoms with Gasteiger partial charge >= 0.3 is 0 Å². The fourth-order valence-corrected chi connectivity index (χ4v) is 5.03. The molecule has 6 nitrogen and oxygen atoms in total. The third kappa shape index (κ3) is 5.30. The average molecular weight is 560 g/mol. The van der Waals surface area contributed by atoms with Crippen LogP contribution >= 0.6 is 0 Å². The highest BCUT2D eigenvalue weighted by Gasteiger charge is 2.22. The molecule has 6 rings (SSSR count). The maximum absolute atomic E-state index is 15.4. The van der Waals surface area contributed by atoms with Crippen molar-refractivity contribution in [3.63, 3.8) is 0 Å². The molecule has 0 atom stereocenters. The van der Waals surface area contributed by atoms with Crippen molar-refractivity contribution in [1.82, 2.24) is 15.0 Å². The molecular weight excluding hydrogens is 534 g/mol. The lowest BCUT2D eigenvalue weighted by atomic mass is 10.0. The van der Waals surface area contributed by atoms with Crippen LogP contribution in [0.2, 0.25) is 0 Å². The fourth-order valence-electron chi connectivity index (χ4n) is 5.03. The summed E-state index contributed by atoms with van der Waals surface area (Å²) in [6.45, 7) is 4.12. The van der Waals surface area contributed by atoms with Crippen LogP contribution < -0.4 is 10.2 Å². The standard InChI is InChI=1S/C31H25F4N5O/c1-18-29(24-7-2-3-8-36-24)39-26-15-21(32)14-23(33)28(26)30(18)38-25-16-27(40-9-11-41-12-10-40)37-17-22(25)19-5-4-6-20(13-19)31(34)35/h2-8,13-17,31H,9-12H2,1H3,(H,37,38,39). The maximum Gasteiger partial charge on any atom is 0.263 e. The van der Waals surface area contributed by atoms with Gasteiger partial charge in [-0.05, 0) is 30.7 Å². The van der Waals surface area contributed by atoms with Gasteiger partial charge in [-0.2, -0.15) is 0 Å². The van der Waals surface area contributed by atoms with E-state index in [0.717, 1.165) is 6.07 Å². The fraction of sp³-hybridized carbons (Fsp3) is 0.194. The van der Waals surface area contributed by atoms with E-state index in [1.165, 1.54) is 18.2 Å². The molecule has 41 heavy (non-hydrogen) atoms. The van der Waals surface area contributed by atoms with Crippen LogP contribution in [0.15, 0.2) is 73.1 Å². The number of anilines is 3. The van der Waals surface area contributed by atoms with Crippen molar-refractivity contribution in [3.05, 3.63) is 95.8 Å². The van der Waals surface area contributed by atoms with Gasteiger partial charge in [-0.3, -0.25) is 4.98 Å². The quantitative estimate of drug-likeness (QED) is 0.218. The summed E-state index contributed by atoms with van der Waals surface area (Å²) in [4.78, 5) is 15.7. The predicted molar refractivity (Wildman–Crippen MR) is 151 cm³/mol. The van der Waals surface area contributed by atoms with Gasteiger partial charge in [0.1, 0.15) is 17.5 Å². The molecule has 2 aromatic carbocycles. The zero-order valence-corrected chi connectivity index (χ0v) is 22.0. The summed E-state index contributed by atoms with van der Waals surface area (Å²) in [6, 6.07) is 15.2. The number of pyridine rings is 3. The Labute approximate surface area is 233 Å². The number of rotatable bonds is 6. The van der Waals surface area contributed by atoms with Crippen molar-refractivity contribution in [1.29, 1.82) is 0 Å². The van der Waals surface area contributed by atoms with Crippen molar-refractivity contribution in [2.75, 3.05) is 36.5 Å². The largest absolute Gasteiger partial charge is 0.378 e. The summed E-state index contributed by atoms with van der Waals surface area (Å²) < 4.78 is 62.4. The minimum Gasteiger partial charge on any atom is -0.378 e. The Hall–Kier alpha value is -4.57. The minimum absolute atomic E-state index is 0.0978. The van der Waals surface area contributed by atoms with E-state index in [-0.39, 0.29) is 16.5 Å².